The van der Waals surface area contributed by atoms with Gasteiger partial charge in [-0.15, -0.1) is 0 Å². The number of carbonyl (C=O) groups is 1. The summed E-state index contributed by atoms with van der Waals surface area (Å²) in [5.74, 6) is 0.142. The molecule has 0 radical (unpaired) electrons. The van der Waals surface area contributed by atoms with Crippen LogP contribution < -0.4 is 0 Å². The zero-order chi connectivity index (χ0) is 17.3. The number of hydrogen-bond acceptors (Lipinski definition) is 5. The maximum atomic E-state index is 12.9. The van der Waals surface area contributed by atoms with Crippen molar-refractivity contribution in [1.82, 2.24) is 4.90 Å². The molecule has 0 bridgehead atoms. The first kappa shape index (κ1) is 16.4. The summed E-state index contributed by atoms with van der Waals surface area (Å²) >= 11 is 0. The third-order valence-corrected chi connectivity index (χ3v) is 5.08. The Hall–Kier alpha value is -2.51. The van der Waals surface area contributed by atoms with Crippen molar-refractivity contribution < 1.29 is 14.6 Å². The van der Waals surface area contributed by atoms with E-state index in [2.05, 4.69) is 0 Å². The van der Waals surface area contributed by atoms with Gasteiger partial charge in [0.15, 0.2) is 0 Å². The van der Waals surface area contributed by atoms with Crippen molar-refractivity contribution >= 4 is 17.3 Å². The second-order valence-corrected chi connectivity index (χ2v) is 6.50. The molecule has 128 valence electrons. The number of fused-ring (bicyclic) bond motifs is 1. The van der Waals surface area contributed by atoms with E-state index in [-0.39, 0.29) is 17.5 Å². The fourth-order valence-electron chi connectivity index (χ4n) is 3.97. The molecule has 0 aromatic heterocycles. The predicted octanol–water partition coefficient (Wildman–Crippen LogP) is 3.30. The average molecular weight is 333 g/mol. The second kappa shape index (κ2) is 6.54. The van der Waals surface area contributed by atoms with Crippen LogP contribution in [0, 0.1) is 26.1 Å². The third kappa shape index (κ3) is 3.08. The van der Waals surface area contributed by atoms with Gasteiger partial charge in [0, 0.05) is 24.7 Å². The number of hydrogen-bond donors (Lipinski definition) is 0. The Bertz CT molecular complexity index is 656. The highest BCUT2D eigenvalue weighted by atomic mass is 16.6. The number of non-ortho nitro benzene ring substituents is 2. The van der Waals surface area contributed by atoms with E-state index in [1.54, 1.807) is 4.90 Å². The molecule has 24 heavy (non-hydrogen) atoms. The van der Waals surface area contributed by atoms with Crippen molar-refractivity contribution in [2.45, 2.75) is 44.6 Å². The summed E-state index contributed by atoms with van der Waals surface area (Å²) in [5, 5.41) is 22.0. The van der Waals surface area contributed by atoms with Crippen molar-refractivity contribution in [3.8, 4) is 0 Å². The maximum absolute atomic E-state index is 12.9. The first-order valence-electron chi connectivity index (χ1n) is 8.22. The van der Waals surface area contributed by atoms with Gasteiger partial charge in [0.2, 0.25) is 0 Å². The highest BCUT2D eigenvalue weighted by Gasteiger charge is 2.36. The Morgan fingerprint density at radius 1 is 0.958 bits per heavy atom. The minimum atomic E-state index is -0.705. The highest BCUT2D eigenvalue weighted by molar-refractivity contribution is 5.96. The molecule has 1 aromatic rings. The summed E-state index contributed by atoms with van der Waals surface area (Å²) in [6, 6.07) is 3.32. The van der Waals surface area contributed by atoms with Gasteiger partial charge in [-0.3, -0.25) is 25.0 Å². The van der Waals surface area contributed by atoms with Gasteiger partial charge in [-0.2, -0.15) is 0 Å². The summed E-state index contributed by atoms with van der Waals surface area (Å²) < 4.78 is 0. The molecule has 0 N–H and O–H groups in total. The zero-order valence-corrected chi connectivity index (χ0v) is 13.2. The molecule has 1 aliphatic carbocycles. The number of nitrogens with zero attached hydrogens (tertiary/aromatic N) is 3. The van der Waals surface area contributed by atoms with Gasteiger partial charge in [-0.1, -0.05) is 12.8 Å². The minimum absolute atomic E-state index is 0.0297. The monoisotopic (exact) mass is 333 g/mol. The van der Waals surface area contributed by atoms with E-state index in [0.29, 0.717) is 12.5 Å². The normalized spacial score (nSPS) is 23.4. The van der Waals surface area contributed by atoms with Crippen LogP contribution in [0.5, 0.6) is 0 Å². The van der Waals surface area contributed by atoms with Crippen molar-refractivity contribution in [3.63, 3.8) is 0 Å². The maximum Gasteiger partial charge on any atom is 0.277 e. The van der Waals surface area contributed by atoms with E-state index in [9.17, 15) is 25.0 Å². The molecule has 2 atom stereocenters. The van der Waals surface area contributed by atoms with Gasteiger partial charge in [-0.25, -0.2) is 0 Å². The number of likely N-dealkylation sites (tertiary alicyclic amines) is 1. The highest BCUT2D eigenvalue weighted by Crippen LogP contribution is 2.36. The van der Waals surface area contributed by atoms with E-state index < -0.39 is 21.2 Å². The van der Waals surface area contributed by atoms with E-state index >= 15 is 0 Å². The number of rotatable bonds is 3. The molecule has 1 saturated carbocycles. The molecule has 0 spiro atoms. The van der Waals surface area contributed by atoms with Crippen LogP contribution >= 0.6 is 0 Å². The number of amides is 1. The summed E-state index contributed by atoms with van der Waals surface area (Å²) in [6.45, 7) is 0.608. The Labute approximate surface area is 138 Å². The molecule has 1 aliphatic heterocycles. The lowest BCUT2D eigenvalue weighted by molar-refractivity contribution is -0.394. The lowest BCUT2D eigenvalue weighted by Gasteiger charge is -2.44. The van der Waals surface area contributed by atoms with Crippen LogP contribution in [0.1, 0.15) is 48.9 Å². The lowest BCUT2D eigenvalue weighted by Crippen LogP contribution is -2.49. The first-order valence-corrected chi connectivity index (χ1v) is 8.22. The van der Waals surface area contributed by atoms with Crippen LogP contribution in [0.15, 0.2) is 18.2 Å². The Morgan fingerprint density at radius 3 is 2.17 bits per heavy atom. The van der Waals surface area contributed by atoms with Gasteiger partial charge < -0.3 is 4.90 Å². The van der Waals surface area contributed by atoms with Crippen molar-refractivity contribution in [2.75, 3.05) is 6.54 Å². The fraction of sp³-hybridized carbons (Fsp3) is 0.562. The lowest BCUT2D eigenvalue weighted by atomic mass is 9.78. The van der Waals surface area contributed by atoms with E-state index in [4.69, 9.17) is 0 Å². The van der Waals surface area contributed by atoms with Gasteiger partial charge in [0.25, 0.3) is 17.3 Å². The molecular weight excluding hydrogens is 314 g/mol. The molecule has 2 fully saturated rings. The van der Waals surface area contributed by atoms with Crippen LogP contribution in [0.3, 0.4) is 0 Å². The van der Waals surface area contributed by atoms with Crippen LogP contribution in [0.25, 0.3) is 0 Å². The topological polar surface area (TPSA) is 107 Å². The third-order valence-electron chi connectivity index (χ3n) is 5.08. The quantitative estimate of drug-likeness (QED) is 0.623. The molecule has 3 rings (SSSR count). The SMILES string of the molecule is O=C(c1cc([N+](=O)[O-])cc([N+](=O)[O-])c1)N1CCCC2CCCCC21. The molecule has 1 aromatic carbocycles. The molecule has 1 heterocycles. The van der Waals surface area contributed by atoms with Crippen molar-refractivity contribution in [2.24, 2.45) is 5.92 Å². The van der Waals surface area contributed by atoms with Gasteiger partial charge >= 0.3 is 0 Å². The fourth-order valence-corrected chi connectivity index (χ4v) is 3.97. The number of benzene rings is 1. The largest absolute Gasteiger partial charge is 0.335 e. The predicted molar refractivity (Wildman–Crippen MR) is 85.8 cm³/mol. The molecule has 1 amide bonds. The van der Waals surface area contributed by atoms with Crippen LogP contribution in [0.2, 0.25) is 0 Å². The smallest absolute Gasteiger partial charge is 0.277 e. The van der Waals surface area contributed by atoms with Gasteiger partial charge in [-0.05, 0) is 31.6 Å². The Kier molecular flexibility index (Phi) is 4.46. The summed E-state index contributed by atoms with van der Waals surface area (Å²) in [5.41, 5.74) is -0.823. The number of piperidine rings is 1. The molecule has 8 heteroatoms. The summed E-state index contributed by atoms with van der Waals surface area (Å²) in [4.78, 5) is 35.3. The summed E-state index contributed by atoms with van der Waals surface area (Å²) in [7, 11) is 0. The number of nitro benzene ring substituents is 2. The van der Waals surface area contributed by atoms with Gasteiger partial charge in [0.1, 0.15) is 0 Å². The second-order valence-electron chi connectivity index (χ2n) is 6.50. The zero-order valence-electron chi connectivity index (χ0n) is 13.2. The Balaban J connectivity index is 1.93. The first-order chi connectivity index (χ1) is 11.5. The standard InChI is InChI=1S/C16H19N3O5/c20-16(17-7-3-5-11-4-1-2-6-15(11)17)12-8-13(18(21)22)10-14(9-12)19(23)24/h8-11,15H,1-7H2. The molecule has 2 aliphatic rings. The van der Waals surface area contributed by atoms with Crippen LogP contribution in [-0.4, -0.2) is 33.2 Å². The molecule has 2 unspecified atom stereocenters. The number of nitro groups is 2. The van der Waals surface area contributed by atoms with Crippen LogP contribution in [-0.2, 0) is 0 Å². The summed E-state index contributed by atoms with van der Waals surface area (Å²) in [6.07, 6.45) is 6.29. The molecule has 1 saturated heterocycles. The molecule has 8 nitrogen and oxygen atoms in total. The van der Waals surface area contributed by atoms with E-state index in [0.717, 1.165) is 50.3 Å². The van der Waals surface area contributed by atoms with Crippen molar-refractivity contribution in [1.29, 1.82) is 0 Å². The van der Waals surface area contributed by atoms with Crippen molar-refractivity contribution in [3.05, 3.63) is 44.0 Å². The molecular formula is C16H19N3O5. The Morgan fingerprint density at radius 2 is 1.54 bits per heavy atom. The average Bonchev–Trinajstić information content (AvgIpc) is 2.60. The van der Waals surface area contributed by atoms with Crippen LogP contribution in [0.4, 0.5) is 11.4 Å². The number of carbonyl (C=O) groups excluding carboxylic acids is 1. The van der Waals surface area contributed by atoms with E-state index in [1.807, 2.05) is 0 Å². The van der Waals surface area contributed by atoms with E-state index in [1.165, 1.54) is 6.42 Å². The van der Waals surface area contributed by atoms with Gasteiger partial charge in [0.05, 0.1) is 21.5 Å². The minimum Gasteiger partial charge on any atom is -0.335 e.